The highest BCUT2D eigenvalue weighted by Gasteiger charge is 2.39. The molecule has 4 amide bonds. The maximum absolute atomic E-state index is 13.4. The Morgan fingerprint density at radius 3 is 2.47 bits per heavy atom. The van der Waals surface area contributed by atoms with Crippen molar-refractivity contribution in [2.45, 2.75) is 43.7 Å². The molecule has 178 valence electrons. The summed E-state index contributed by atoms with van der Waals surface area (Å²) in [4.78, 5) is 39.2. The minimum absolute atomic E-state index is 0.138. The third-order valence-electron chi connectivity index (χ3n) is 6.06. The van der Waals surface area contributed by atoms with E-state index in [2.05, 4.69) is 10.6 Å². The number of rotatable bonds is 4. The van der Waals surface area contributed by atoms with E-state index >= 15 is 0 Å². The Morgan fingerprint density at radius 1 is 1.03 bits per heavy atom. The molecule has 0 aromatic heterocycles. The fourth-order valence-corrected chi connectivity index (χ4v) is 4.31. The van der Waals surface area contributed by atoms with Crippen LogP contribution in [0.3, 0.4) is 0 Å². The number of fused-ring (bicyclic) bond motifs is 1. The summed E-state index contributed by atoms with van der Waals surface area (Å²) in [5.74, 6) is -1.70. The van der Waals surface area contributed by atoms with Crippen LogP contribution in [0.15, 0.2) is 60.2 Å². The Bertz CT molecular complexity index is 1150. The highest BCUT2D eigenvalue weighted by atomic mass is 19.1. The van der Waals surface area contributed by atoms with E-state index in [1.54, 1.807) is 0 Å². The van der Waals surface area contributed by atoms with E-state index in [4.69, 9.17) is 5.73 Å². The fraction of sp³-hybridized carbons (Fsp3) is 0.292. The second-order valence-electron chi connectivity index (χ2n) is 8.41. The summed E-state index contributed by atoms with van der Waals surface area (Å²) in [6.07, 6.45) is -1.22. The number of carbonyl (C=O) groups is 3. The zero-order valence-corrected chi connectivity index (χ0v) is 18.1. The smallest absolute Gasteiger partial charge is 0.319 e. The minimum Gasteiger partial charge on any atom is -0.390 e. The average molecular weight is 468 g/mol. The molecule has 2 aliphatic rings. The molecule has 2 aromatic carbocycles. The number of nitrogens with one attached hydrogen (secondary N) is 2. The van der Waals surface area contributed by atoms with Gasteiger partial charge in [-0.3, -0.25) is 9.59 Å². The minimum atomic E-state index is -1.37. The van der Waals surface area contributed by atoms with Crippen LogP contribution in [0.2, 0.25) is 0 Å². The number of anilines is 1. The number of urea groups is 1. The van der Waals surface area contributed by atoms with Crippen molar-refractivity contribution < 1.29 is 29.0 Å². The maximum Gasteiger partial charge on any atom is 0.319 e. The highest BCUT2D eigenvalue weighted by molar-refractivity contribution is 5.98. The standard InChI is InChI=1S/C24H25FN4O5/c25-16-6-3-7-17(11-16)27-24(34)28-18-8-15(10-20(30)21(18)31)23(33)29-12-14-5-2-1-4-13(14)9-19(29)22(26)32/h1-8,11,18-21,30-31H,9-10,12H2,(H2,26,32)(H2,27,28,34). The van der Waals surface area contributed by atoms with Crippen molar-refractivity contribution in [1.82, 2.24) is 10.2 Å². The topological polar surface area (TPSA) is 145 Å². The normalized spacial score (nSPS) is 24.0. The lowest BCUT2D eigenvalue weighted by molar-refractivity contribution is -0.138. The van der Waals surface area contributed by atoms with E-state index in [0.29, 0.717) is 0 Å². The Balaban J connectivity index is 1.54. The number of carbonyl (C=O) groups excluding carboxylic acids is 3. The van der Waals surface area contributed by atoms with Gasteiger partial charge in [-0.2, -0.15) is 0 Å². The molecule has 0 saturated heterocycles. The number of nitrogens with zero attached hydrogens (tertiary/aromatic N) is 1. The van der Waals surface area contributed by atoms with Gasteiger partial charge in [0, 0.05) is 30.6 Å². The Kier molecular flexibility index (Phi) is 6.62. The molecule has 10 heteroatoms. The highest BCUT2D eigenvalue weighted by Crippen LogP contribution is 2.28. The van der Waals surface area contributed by atoms with Crippen molar-refractivity contribution in [2.24, 2.45) is 5.73 Å². The van der Waals surface area contributed by atoms with Crippen molar-refractivity contribution in [3.63, 3.8) is 0 Å². The van der Waals surface area contributed by atoms with Crippen LogP contribution in [0.4, 0.5) is 14.9 Å². The summed E-state index contributed by atoms with van der Waals surface area (Å²) in [7, 11) is 0. The van der Waals surface area contributed by atoms with Crippen LogP contribution in [0, 0.1) is 5.82 Å². The van der Waals surface area contributed by atoms with Crippen molar-refractivity contribution in [3.05, 3.63) is 77.1 Å². The van der Waals surface area contributed by atoms with Crippen LogP contribution in [0.5, 0.6) is 0 Å². The first-order chi connectivity index (χ1) is 16.2. The quantitative estimate of drug-likeness (QED) is 0.451. The van der Waals surface area contributed by atoms with Crippen molar-refractivity contribution in [1.29, 1.82) is 0 Å². The van der Waals surface area contributed by atoms with E-state index < -0.39 is 48.0 Å². The second-order valence-corrected chi connectivity index (χ2v) is 8.41. The first-order valence-corrected chi connectivity index (χ1v) is 10.8. The lowest BCUT2D eigenvalue weighted by Gasteiger charge is -2.38. The SMILES string of the molecule is NC(=O)C1Cc2ccccc2CN1C(=O)C1=CC(NC(=O)Nc2cccc(F)c2)C(O)C(O)C1. The molecule has 0 fully saturated rings. The van der Waals surface area contributed by atoms with Gasteiger partial charge in [0.2, 0.25) is 5.91 Å². The predicted octanol–water partition coefficient (Wildman–Crippen LogP) is 0.806. The number of aliphatic hydroxyl groups is 2. The molecule has 0 spiro atoms. The first kappa shape index (κ1) is 23.4. The van der Waals surface area contributed by atoms with E-state index in [9.17, 15) is 29.0 Å². The molecule has 0 radical (unpaired) electrons. The molecular formula is C24H25FN4O5. The van der Waals surface area contributed by atoms with Crippen LogP contribution >= 0.6 is 0 Å². The van der Waals surface area contributed by atoms with Gasteiger partial charge < -0.3 is 31.5 Å². The number of nitrogens with two attached hydrogens (primary N) is 1. The van der Waals surface area contributed by atoms with Crippen molar-refractivity contribution in [3.8, 4) is 0 Å². The monoisotopic (exact) mass is 468 g/mol. The van der Waals surface area contributed by atoms with Gasteiger partial charge >= 0.3 is 6.03 Å². The molecule has 2 aromatic rings. The number of benzene rings is 2. The zero-order chi connectivity index (χ0) is 24.4. The third kappa shape index (κ3) is 4.92. The number of primary amides is 1. The number of hydrogen-bond donors (Lipinski definition) is 5. The van der Waals surface area contributed by atoms with Crippen LogP contribution in [0.1, 0.15) is 17.5 Å². The van der Waals surface area contributed by atoms with Gasteiger partial charge in [-0.1, -0.05) is 36.4 Å². The lowest BCUT2D eigenvalue weighted by atomic mass is 9.88. The molecule has 34 heavy (non-hydrogen) atoms. The largest absolute Gasteiger partial charge is 0.390 e. The summed E-state index contributed by atoms with van der Waals surface area (Å²) in [6, 6.07) is 9.96. The second kappa shape index (κ2) is 9.62. The van der Waals surface area contributed by atoms with E-state index in [1.165, 1.54) is 29.2 Å². The maximum atomic E-state index is 13.4. The number of aliphatic hydroxyl groups excluding tert-OH is 2. The van der Waals surface area contributed by atoms with E-state index in [-0.39, 0.29) is 30.6 Å². The molecule has 1 aliphatic heterocycles. The molecular weight excluding hydrogens is 443 g/mol. The zero-order valence-electron chi connectivity index (χ0n) is 18.1. The summed E-state index contributed by atoms with van der Waals surface area (Å²) in [6.45, 7) is 0.163. The van der Waals surface area contributed by atoms with Crippen molar-refractivity contribution in [2.75, 3.05) is 5.32 Å². The molecule has 0 bridgehead atoms. The number of halogens is 1. The molecule has 0 saturated carbocycles. The van der Waals surface area contributed by atoms with Gasteiger partial charge in [0.15, 0.2) is 0 Å². The molecule has 6 N–H and O–H groups in total. The molecule has 1 aliphatic carbocycles. The number of amides is 4. The average Bonchev–Trinajstić information content (AvgIpc) is 2.80. The Morgan fingerprint density at radius 2 is 1.76 bits per heavy atom. The van der Waals surface area contributed by atoms with Crippen LogP contribution < -0.4 is 16.4 Å². The van der Waals surface area contributed by atoms with E-state index in [0.717, 1.165) is 17.2 Å². The first-order valence-electron chi connectivity index (χ1n) is 10.8. The summed E-state index contributed by atoms with van der Waals surface area (Å²) in [5, 5.41) is 25.7. The summed E-state index contributed by atoms with van der Waals surface area (Å²) in [5.41, 5.74) is 7.72. The predicted molar refractivity (Wildman–Crippen MR) is 121 cm³/mol. The van der Waals surface area contributed by atoms with Gasteiger partial charge in [0.25, 0.3) is 5.91 Å². The van der Waals surface area contributed by atoms with Crippen LogP contribution in [-0.4, -0.2) is 57.3 Å². The Hall–Kier alpha value is -3.76. The molecule has 4 unspecified atom stereocenters. The lowest BCUT2D eigenvalue weighted by Crippen LogP contribution is -2.54. The fourth-order valence-electron chi connectivity index (χ4n) is 4.31. The van der Waals surface area contributed by atoms with Crippen LogP contribution in [-0.2, 0) is 22.6 Å². The van der Waals surface area contributed by atoms with Crippen molar-refractivity contribution >= 4 is 23.5 Å². The summed E-state index contributed by atoms with van der Waals surface area (Å²) < 4.78 is 13.4. The van der Waals surface area contributed by atoms with Gasteiger partial charge in [-0.15, -0.1) is 0 Å². The van der Waals surface area contributed by atoms with Gasteiger partial charge in [0.1, 0.15) is 18.0 Å². The van der Waals surface area contributed by atoms with Gasteiger partial charge in [-0.05, 0) is 29.3 Å². The molecule has 9 nitrogen and oxygen atoms in total. The van der Waals surface area contributed by atoms with Gasteiger partial charge in [0.05, 0.1) is 12.1 Å². The summed E-state index contributed by atoms with van der Waals surface area (Å²) >= 11 is 0. The van der Waals surface area contributed by atoms with Crippen LogP contribution in [0.25, 0.3) is 0 Å². The number of hydrogen-bond acceptors (Lipinski definition) is 5. The van der Waals surface area contributed by atoms with Gasteiger partial charge in [-0.25, -0.2) is 9.18 Å². The third-order valence-corrected chi connectivity index (χ3v) is 6.06. The molecule has 4 atom stereocenters. The molecule has 1 heterocycles. The van der Waals surface area contributed by atoms with E-state index in [1.807, 2.05) is 24.3 Å². The molecule has 4 rings (SSSR count). The Labute approximate surface area is 195 Å².